The molecule has 0 aromatic carbocycles. The molecule has 0 amide bonds. The van der Waals surface area contributed by atoms with Gasteiger partial charge in [0.1, 0.15) is 0 Å². The van der Waals surface area contributed by atoms with E-state index in [9.17, 15) is 13.2 Å². The molecule has 114 valence electrons. The lowest BCUT2D eigenvalue weighted by Crippen LogP contribution is -2.40. The summed E-state index contributed by atoms with van der Waals surface area (Å²) in [6.07, 6.45) is 1.69. The van der Waals surface area contributed by atoms with Crippen molar-refractivity contribution < 1.29 is 17.9 Å². The fourth-order valence-corrected chi connectivity index (χ4v) is 3.51. The SMILES string of the molecule is COC(=O)CCN(C)S(=O)(=O)N(C)Cc1cnc(C)s1. The van der Waals surface area contributed by atoms with Crippen molar-refractivity contribution in [3.8, 4) is 0 Å². The molecule has 0 aliphatic heterocycles. The van der Waals surface area contributed by atoms with Crippen molar-refractivity contribution in [2.75, 3.05) is 27.7 Å². The molecule has 9 heteroatoms. The first kappa shape index (κ1) is 17.0. The Morgan fingerprint density at radius 1 is 1.40 bits per heavy atom. The van der Waals surface area contributed by atoms with Gasteiger partial charge in [-0.15, -0.1) is 11.3 Å². The molecule has 0 spiro atoms. The van der Waals surface area contributed by atoms with Crippen molar-refractivity contribution in [3.63, 3.8) is 0 Å². The molecule has 0 aliphatic rings. The number of thiazole rings is 1. The van der Waals surface area contributed by atoms with E-state index in [4.69, 9.17) is 0 Å². The molecular formula is C11H19N3O4S2. The largest absolute Gasteiger partial charge is 0.469 e. The number of hydrogen-bond acceptors (Lipinski definition) is 6. The number of carbonyl (C=O) groups excluding carboxylic acids is 1. The van der Waals surface area contributed by atoms with Crippen LogP contribution in [0.1, 0.15) is 16.3 Å². The van der Waals surface area contributed by atoms with Crippen LogP contribution in [0.2, 0.25) is 0 Å². The Morgan fingerprint density at radius 2 is 2.05 bits per heavy atom. The Morgan fingerprint density at radius 3 is 2.55 bits per heavy atom. The van der Waals surface area contributed by atoms with E-state index in [1.54, 1.807) is 6.20 Å². The minimum atomic E-state index is -3.59. The van der Waals surface area contributed by atoms with Crippen LogP contribution in [-0.4, -0.2) is 55.7 Å². The number of rotatable bonds is 7. The Bertz CT molecular complexity index is 556. The highest BCUT2D eigenvalue weighted by molar-refractivity contribution is 7.86. The zero-order valence-electron chi connectivity index (χ0n) is 12.0. The van der Waals surface area contributed by atoms with E-state index >= 15 is 0 Å². The maximum Gasteiger partial charge on any atom is 0.306 e. The first-order valence-corrected chi connectivity index (χ1v) is 8.14. The van der Waals surface area contributed by atoms with Crippen molar-refractivity contribution in [1.82, 2.24) is 13.6 Å². The van der Waals surface area contributed by atoms with Gasteiger partial charge < -0.3 is 4.74 Å². The number of carbonyl (C=O) groups is 1. The van der Waals surface area contributed by atoms with Crippen molar-refractivity contribution in [1.29, 1.82) is 0 Å². The molecule has 0 radical (unpaired) electrons. The Balaban J connectivity index is 2.64. The zero-order chi connectivity index (χ0) is 15.3. The third-order valence-corrected chi connectivity index (χ3v) is 5.48. The summed E-state index contributed by atoms with van der Waals surface area (Å²) in [4.78, 5) is 16.0. The first-order valence-electron chi connectivity index (χ1n) is 5.93. The second-order valence-electron chi connectivity index (χ2n) is 4.26. The summed E-state index contributed by atoms with van der Waals surface area (Å²) in [5, 5.41) is 0.893. The van der Waals surface area contributed by atoms with E-state index in [2.05, 4.69) is 9.72 Å². The van der Waals surface area contributed by atoms with Crippen molar-refractivity contribution in [2.24, 2.45) is 0 Å². The molecule has 0 aliphatic carbocycles. The quantitative estimate of drug-likeness (QED) is 0.688. The second-order valence-corrected chi connectivity index (χ2v) is 7.72. The highest BCUT2D eigenvalue weighted by Gasteiger charge is 2.24. The van der Waals surface area contributed by atoms with Crippen LogP contribution in [0.3, 0.4) is 0 Å². The van der Waals surface area contributed by atoms with Crippen LogP contribution in [0.15, 0.2) is 6.20 Å². The van der Waals surface area contributed by atoms with E-state index in [0.717, 1.165) is 14.2 Å². The first-order chi connectivity index (χ1) is 9.27. The molecule has 0 saturated heterocycles. The number of methoxy groups -OCH3 is 1. The Labute approximate surface area is 123 Å². The summed E-state index contributed by atoms with van der Waals surface area (Å²) < 4.78 is 31.3. The number of esters is 1. The normalized spacial score (nSPS) is 12.1. The summed E-state index contributed by atoms with van der Waals surface area (Å²) in [5.74, 6) is -0.437. The number of hydrogen-bond donors (Lipinski definition) is 0. The minimum Gasteiger partial charge on any atom is -0.469 e. The van der Waals surface area contributed by atoms with Crippen LogP contribution in [-0.2, 0) is 26.3 Å². The van der Waals surface area contributed by atoms with Gasteiger partial charge in [0.2, 0.25) is 0 Å². The van der Waals surface area contributed by atoms with Gasteiger partial charge in [-0.05, 0) is 6.92 Å². The van der Waals surface area contributed by atoms with E-state index < -0.39 is 16.2 Å². The molecule has 0 saturated carbocycles. The van der Waals surface area contributed by atoms with Crippen LogP contribution in [0, 0.1) is 6.92 Å². The highest BCUT2D eigenvalue weighted by atomic mass is 32.2. The molecular weight excluding hydrogens is 302 g/mol. The van der Waals surface area contributed by atoms with E-state index in [1.807, 2.05) is 6.92 Å². The van der Waals surface area contributed by atoms with Crippen LogP contribution in [0.5, 0.6) is 0 Å². The molecule has 1 aromatic heterocycles. The van der Waals surface area contributed by atoms with E-state index in [1.165, 1.54) is 36.8 Å². The smallest absolute Gasteiger partial charge is 0.306 e. The minimum absolute atomic E-state index is 0.0275. The molecule has 20 heavy (non-hydrogen) atoms. The summed E-state index contributed by atoms with van der Waals surface area (Å²) >= 11 is 1.46. The van der Waals surface area contributed by atoms with Gasteiger partial charge in [-0.1, -0.05) is 0 Å². The van der Waals surface area contributed by atoms with Gasteiger partial charge in [0.25, 0.3) is 10.2 Å². The van der Waals surface area contributed by atoms with Gasteiger partial charge in [-0.25, -0.2) is 4.98 Å². The van der Waals surface area contributed by atoms with E-state index in [-0.39, 0.29) is 19.5 Å². The van der Waals surface area contributed by atoms with Crippen LogP contribution >= 0.6 is 11.3 Å². The molecule has 0 N–H and O–H groups in total. The van der Waals surface area contributed by atoms with Gasteiger partial charge in [-0.3, -0.25) is 4.79 Å². The fraction of sp³-hybridized carbons (Fsp3) is 0.636. The predicted octanol–water partition coefficient (Wildman–Crippen LogP) is 0.623. The summed E-state index contributed by atoms with van der Waals surface area (Å²) in [6.45, 7) is 2.21. The van der Waals surface area contributed by atoms with Gasteiger partial charge in [0.05, 0.1) is 25.1 Å². The number of aromatic nitrogens is 1. The van der Waals surface area contributed by atoms with Gasteiger partial charge in [-0.2, -0.15) is 17.0 Å². The Kier molecular flexibility index (Phi) is 6.06. The third-order valence-electron chi connectivity index (χ3n) is 2.69. The average Bonchev–Trinajstić information content (AvgIpc) is 2.80. The van der Waals surface area contributed by atoms with Crippen molar-refractivity contribution in [2.45, 2.75) is 19.9 Å². The molecule has 0 bridgehead atoms. The maximum atomic E-state index is 12.2. The molecule has 1 aromatic rings. The van der Waals surface area contributed by atoms with Crippen molar-refractivity contribution in [3.05, 3.63) is 16.1 Å². The zero-order valence-corrected chi connectivity index (χ0v) is 13.6. The summed E-state index contributed by atoms with van der Waals surface area (Å²) in [6, 6.07) is 0. The highest BCUT2D eigenvalue weighted by Crippen LogP contribution is 2.16. The third kappa shape index (κ3) is 4.51. The van der Waals surface area contributed by atoms with Crippen LogP contribution in [0.4, 0.5) is 0 Å². The predicted molar refractivity (Wildman–Crippen MR) is 76.5 cm³/mol. The number of aryl methyl sites for hydroxylation is 1. The number of ether oxygens (including phenoxy) is 1. The lowest BCUT2D eigenvalue weighted by molar-refractivity contribution is -0.140. The Hall–Kier alpha value is -1.03. The maximum absolute atomic E-state index is 12.2. The molecule has 0 atom stereocenters. The summed E-state index contributed by atoms with van der Waals surface area (Å²) in [5.41, 5.74) is 0. The van der Waals surface area contributed by atoms with Gasteiger partial charge >= 0.3 is 5.97 Å². The number of nitrogens with zero attached hydrogens (tertiary/aromatic N) is 3. The molecule has 1 heterocycles. The average molecular weight is 321 g/mol. The lowest BCUT2D eigenvalue weighted by Gasteiger charge is -2.23. The molecule has 0 unspecified atom stereocenters. The fourth-order valence-electron chi connectivity index (χ4n) is 1.48. The van der Waals surface area contributed by atoms with Crippen molar-refractivity contribution >= 4 is 27.5 Å². The molecule has 0 fully saturated rings. The van der Waals surface area contributed by atoms with Gasteiger partial charge in [0.15, 0.2) is 0 Å². The monoisotopic (exact) mass is 321 g/mol. The summed E-state index contributed by atoms with van der Waals surface area (Å²) in [7, 11) is 0.615. The molecule has 1 rings (SSSR count). The standard InChI is InChI=1S/C11H19N3O4S2/c1-9-12-7-10(19-9)8-14(3)20(16,17)13(2)6-5-11(15)18-4/h7H,5-6,8H2,1-4H3. The topological polar surface area (TPSA) is 79.8 Å². The van der Waals surface area contributed by atoms with Gasteiger partial charge in [0, 0.05) is 31.7 Å². The van der Waals surface area contributed by atoms with Crippen LogP contribution < -0.4 is 0 Å². The van der Waals surface area contributed by atoms with E-state index in [0.29, 0.717) is 0 Å². The second kappa shape index (κ2) is 7.11. The lowest BCUT2D eigenvalue weighted by atomic mass is 10.4. The van der Waals surface area contributed by atoms with Crippen LogP contribution in [0.25, 0.3) is 0 Å². The molecule has 7 nitrogen and oxygen atoms in total.